The number of carbonyl (C=O) groups excluding carboxylic acids is 3. The van der Waals surface area contributed by atoms with E-state index in [1.54, 1.807) is 12.1 Å². The first-order valence-electron chi connectivity index (χ1n) is 7.92. The van der Waals surface area contributed by atoms with Crippen molar-refractivity contribution in [3.05, 3.63) is 64.4 Å². The fourth-order valence-corrected chi connectivity index (χ4v) is 2.68. The quantitative estimate of drug-likeness (QED) is 0.787. The maximum absolute atomic E-state index is 14.0. The number of rotatable bonds is 6. The molecule has 2 aromatic rings. The molecule has 0 spiro atoms. The Hall–Kier alpha value is -2.73. The minimum atomic E-state index is -0.656. The number of benzene rings is 2. The monoisotopic (exact) mass is 376 g/mol. The van der Waals surface area contributed by atoms with E-state index in [0.717, 1.165) is 0 Å². The Bertz CT molecular complexity index is 854. The van der Waals surface area contributed by atoms with Gasteiger partial charge in [0, 0.05) is 37.5 Å². The number of hydrogen-bond acceptors (Lipinski definition) is 3. The summed E-state index contributed by atoms with van der Waals surface area (Å²) in [6.45, 7) is 3.09. The van der Waals surface area contributed by atoms with Crippen molar-refractivity contribution in [2.45, 2.75) is 13.8 Å². The first-order valence-corrected chi connectivity index (χ1v) is 8.30. The van der Waals surface area contributed by atoms with Crippen LogP contribution < -0.4 is 10.2 Å². The summed E-state index contributed by atoms with van der Waals surface area (Å²) in [4.78, 5) is 37.3. The summed E-state index contributed by atoms with van der Waals surface area (Å²) in [6, 6.07) is 10.1. The Morgan fingerprint density at radius 2 is 1.77 bits per heavy atom. The third-order valence-electron chi connectivity index (χ3n) is 3.70. The van der Waals surface area contributed by atoms with Gasteiger partial charge in [0.05, 0.1) is 11.3 Å². The first-order chi connectivity index (χ1) is 12.3. The predicted molar refractivity (Wildman–Crippen MR) is 98.0 cm³/mol. The fourth-order valence-electron chi connectivity index (χ4n) is 2.51. The van der Waals surface area contributed by atoms with E-state index in [2.05, 4.69) is 5.32 Å². The second kappa shape index (κ2) is 8.58. The van der Waals surface area contributed by atoms with Crippen molar-refractivity contribution in [3.63, 3.8) is 0 Å². The highest BCUT2D eigenvalue weighted by molar-refractivity contribution is 6.31. The summed E-state index contributed by atoms with van der Waals surface area (Å²) < 4.78 is 14.0. The van der Waals surface area contributed by atoms with Gasteiger partial charge in [-0.2, -0.15) is 0 Å². The van der Waals surface area contributed by atoms with Gasteiger partial charge < -0.3 is 10.2 Å². The summed E-state index contributed by atoms with van der Waals surface area (Å²) in [5.74, 6) is -1.78. The van der Waals surface area contributed by atoms with Gasteiger partial charge in [-0.05, 0) is 30.3 Å². The van der Waals surface area contributed by atoms with Gasteiger partial charge in [0.15, 0.2) is 5.78 Å². The zero-order valence-electron chi connectivity index (χ0n) is 14.4. The van der Waals surface area contributed by atoms with E-state index < -0.39 is 11.6 Å². The van der Waals surface area contributed by atoms with Crippen LogP contribution in [-0.2, 0) is 9.59 Å². The molecule has 0 saturated heterocycles. The molecular weight excluding hydrogens is 359 g/mol. The van der Waals surface area contributed by atoms with Crippen molar-refractivity contribution in [1.82, 2.24) is 5.32 Å². The Balaban J connectivity index is 2.45. The molecule has 0 saturated carbocycles. The van der Waals surface area contributed by atoms with E-state index in [0.29, 0.717) is 10.7 Å². The highest BCUT2D eigenvalue weighted by Gasteiger charge is 2.22. The van der Waals surface area contributed by atoms with Crippen LogP contribution >= 0.6 is 11.6 Å². The van der Waals surface area contributed by atoms with Crippen LogP contribution in [0.2, 0.25) is 5.02 Å². The number of nitrogens with one attached hydrogen (secondary N) is 1. The van der Waals surface area contributed by atoms with Gasteiger partial charge in [-0.3, -0.25) is 14.4 Å². The van der Waals surface area contributed by atoms with Crippen LogP contribution in [0.1, 0.15) is 29.8 Å². The number of carbonyl (C=O) groups is 3. The van der Waals surface area contributed by atoms with E-state index >= 15 is 0 Å². The number of anilines is 1. The van der Waals surface area contributed by atoms with Gasteiger partial charge >= 0.3 is 0 Å². The van der Waals surface area contributed by atoms with Crippen molar-refractivity contribution in [1.29, 1.82) is 0 Å². The Kier molecular flexibility index (Phi) is 6.46. The topological polar surface area (TPSA) is 66.5 Å². The van der Waals surface area contributed by atoms with Crippen LogP contribution in [0.15, 0.2) is 42.5 Å². The molecule has 0 fully saturated rings. The molecule has 0 aliphatic heterocycles. The van der Waals surface area contributed by atoms with E-state index in [1.165, 1.54) is 49.1 Å². The minimum absolute atomic E-state index is 0.110. The third-order valence-corrected chi connectivity index (χ3v) is 3.94. The lowest BCUT2D eigenvalue weighted by molar-refractivity contribution is -0.119. The minimum Gasteiger partial charge on any atom is -0.355 e. The highest BCUT2D eigenvalue weighted by Crippen LogP contribution is 2.27. The Morgan fingerprint density at radius 3 is 2.38 bits per heavy atom. The summed E-state index contributed by atoms with van der Waals surface area (Å²) in [5.41, 5.74) is 0.308. The molecule has 2 amide bonds. The molecular formula is C19H18ClFN2O3. The molecule has 0 aliphatic rings. The lowest BCUT2D eigenvalue weighted by atomic mass is 10.0. The number of hydrogen-bond donors (Lipinski definition) is 1. The van der Waals surface area contributed by atoms with Crippen LogP contribution in [0.25, 0.3) is 0 Å². The van der Waals surface area contributed by atoms with Crippen molar-refractivity contribution in [3.8, 4) is 0 Å². The average molecular weight is 377 g/mol. The largest absolute Gasteiger partial charge is 0.355 e. The molecule has 2 aromatic carbocycles. The smallest absolute Gasteiger partial charge is 0.223 e. The Labute approximate surface area is 155 Å². The number of ketones is 1. The molecule has 0 heterocycles. The standard InChI is InChI=1S/C19H18ClFN2O3/c1-12(24)22-9-10-23(13(2)25)18-8-7-14(20)11-16(18)19(26)15-5-3-4-6-17(15)21/h3-8,11H,9-10H2,1-2H3,(H,22,24). The van der Waals surface area contributed by atoms with Crippen LogP contribution in [0.3, 0.4) is 0 Å². The van der Waals surface area contributed by atoms with Gasteiger partial charge in [0.2, 0.25) is 11.8 Å². The molecule has 7 heteroatoms. The maximum Gasteiger partial charge on any atom is 0.223 e. The molecule has 0 radical (unpaired) electrons. The van der Waals surface area contributed by atoms with Crippen molar-refractivity contribution >= 4 is 34.9 Å². The molecule has 0 aromatic heterocycles. The van der Waals surface area contributed by atoms with Gasteiger partial charge in [-0.15, -0.1) is 0 Å². The molecule has 0 aliphatic carbocycles. The van der Waals surface area contributed by atoms with Gasteiger partial charge in [-0.25, -0.2) is 4.39 Å². The van der Waals surface area contributed by atoms with Crippen LogP contribution in [-0.4, -0.2) is 30.7 Å². The zero-order chi connectivity index (χ0) is 19.3. The number of halogens is 2. The van der Waals surface area contributed by atoms with Crippen LogP contribution in [0.5, 0.6) is 0 Å². The van der Waals surface area contributed by atoms with E-state index in [1.807, 2.05) is 0 Å². The highest BCUT2D eigenvalue weighted by atomic mass is 35.5. The van der Waals surface area contributed by atoms with Crippen molar-refractivity contribution in [2.75, 3.05) is 18.0 Å². The number of nitrogens with zero attached hydrogens (tertiary/aromatic N) is 1. The zero-order valence-corrected chi connectivity index (χ0v) is 15.1. The van der Waals surface area contributed by atoms with Gasteiger partial charge in [0.25, 0.3) is 0 Å². The molecule has 26 heavy (non-hydrogen) atoms. The average Bonchev–Trinajstić information content (AvgIpc) is 2.58. The summed E-state index contributed by atoms with van der Waals surface area (Å²) in [6.07, 6.45) is 0. The fraction of sp³-hybridized carbons (Fsp3) is 0.211. The SMILES string of the molecule is CC(=O)NCCN(C(C)=O)c1ccc(Cl)cc1C(=O)c1ccccc1F. The summed E-state index contributed by atoms with van der Waals surface area (Å²) in [5, 5.41) is 2.89. The van der Waals surface area contributed by atoms with E-state index in [4.69, 9.17) is 11.6 Å². The summed E-state index contributed by atoms with van der Waals surface area (Å²) in [7, 11) is 0. The predicted octanol–water partition coefficient (Wildman–Crippen LogP) is 3.20. The normalized spacial score (nSPS) is 10.3. The Morgan fingerprint density at radius 1 is 1.08 bits per heavy atom. The third kappa shape index (κ3) is 4.67. The van der Waals surface area contributed by atoms with Crippen molar-refractivity contribution in [2.24, 2.45) is 0 Å². The molecule has 1 N–H and O–H groups in total. The van der Waals surface area contributed by atoms with E-state index in [-0.39, 0.29) is 36.0 Å². The molecule has 0 atom stereocenters. The van der Waals surface area contributed by atoms with Gasteiger partial charge in [0.1, 0.15) is 5.82 Å². The lowest BCUT2D eigenvalue weighted by Crippen LogP contribution is -2.37. The molecule has 136 valence electrons. The molecule has 0 unspecified atom stereocenters. The molecule has 2 rings (SSSR count). The lowest BCUT2D eigenvalue weighted by Gasteiger charge is -2.24. The van der Waals surface area contributed by atoms with E-state index in [9.17, 15) is 18.8 Å². The molecule has 5 nitrogen and oxygen atoms in total. The van der Waals surface area contributed by atoms with Crippen molar-refractivity contribution < 1.29 is 18.8 Å². The second-order valence-electron chi connectivity index (χ2n) is 5.62. The number of amides is 2. The summed E-state index contributed by atoms with van der Waals surface area (Å²) >= 11 is 6.01. The first kappa shape index (κ1) is 19.6. The van der Waals surface area contributed by atoms with Crippen LogP contribution in [0, 0.1) is 5.82 Å². The molecule has 0 bridgehead atoms. The maximum atomic E-state index is 14.0. The second-order valence-corrected chi connectivity index (χ2v) is 6.06. The van der Waals surface area contributed by atoms with Gasteiger partial charge in [-0.1, -0.05) is 23.7 Å². The van der Waals surface area contributed by atoms with Crippen LogP contribution in [0.4, 0.5) is 10.1 Å².